The highest BCUT2D eigenvalue weighted by atomic mass is 16.6. The summed E-state index contributed by atoms with van der Waals surface area (Å²) in [5, 5.41) is 17.3. The van der Waals surface area contributed by atoms with Crippen LogP contribution in [0.3, 0.4) is 0 Å². The molecule has 1 heterocycles. The lowest BCUT2D eigenvalue weighted by Crippen LogP contribution is -2.23. The molecule has 2 aliphatic rings. The summed E-state index contributed by atoms with van der Waals surface area (Å²) in [5.74, 6) is 0.407. The smallest absolute Gasteiger partial charge is 0.293 e. The Bertz CT molecular complexity index is 905. The van der Waals surface area contributed by atoms with Gasteiger partial charge in [0.05, 0.1) is 11.0 Å². The number of benzene rings is 2. The van der Waals surface area contributed by atoms with E-state index in [1.807, 2.05) is 24.3 Å². The van der Waals surface area contributed by atoms with Crippen LogP contribution < -0.4 is 15.4 Å². The highest BCUT2D eigenvalue weighted by Gasteiger charge is 2.25. The standard InChI is InChI=1S/C22H25N3O5/c26-22(16-5-10-20(24-17-6-7-17)21(12-16)25(27)28)23-13-15-3-8-18(9-4-15)30-14-19-2-1-11-29-19/h3-5,8-10,12,17,19,24H,1-2,6-7,11,13-14H2,(H,23,26). The van der Waals surface area contributed by atoms with E-state index in [4.69, 9.17) is 9.47 Å². The number of hydrogen-bond donors (Lipinski definition) is 2. The number of nitro groups is 1. The van der Waals surface area contributed by atoms with E-state index in [0.717, 1.165) is 43.6 Å². The Morgan fingerprint density at radius 1 is 1.17 bits per heavy atom. The molecule has 4 rings (SSSR count). The zero-order chi connectivity index (χ0) is 20.9. The van der Waals surface area contributed by atoms with Crippen molar-refractivity contribution in [3.63, 3.8) is 0 Å². The van der Waals surface area contributed by atoms with Gasteiger partial charge >= 0.3 is 0 Å². The maximum atomic E-state index is 12.5. The molecule has 2 fully saturated rings. The fourth-order valence-corrected chi connectivity index (χ4v) is 3.35. The van der Waals surface area contributed by atoms with Crippen molar-refractivity contribution in [3.8, 4) is 5.75 Å². The van der Waals surface area contributed by atoms with E-state index in [1.54, 1.807) is 12.1 Å². The molecule has 1 saturated carbocycles. The van der Waals surface area contributed by atoms with Gasteiger partial charge in [0.25, 0.3) is 11.6 Å². The number of nitrogens with one attached hydrogen (secondary N) is 2. The number of anilines is 1. The normalized spacial score (nSPS) is 18.1. The van der Waals surface area contributed by atoms with Crippen LogP contribution in [0.4, 0.5) is 11.4 Å². The van der Waals surface area contributed by atoms with Crippen molar-refractivity contribution in [1.29, 1.82) is 0 Å². The zero-order valence-corrected chi connectivity index (χ0v) is 16.6. The van der Waals surface area contributed by atoms with Gasteiger partial charge in [0.2, 0.25) is 0 Å². The van der Waals surface area contributed by atoms with Crippen molar-refractivity contribution in [2.45, 2.75) is 44.4 Å². The summed E-state index contributed by atoms with van der Waals surface area (Å²) in [6, 6.07) is 12.3. The molecule has 0 spiro atoms. The fourth-order valence-electron chi connectivity index (χ4n) is 3.35. The number of nitrogens with zero attached hydrogens (tertiary/aromatic N) is 1. The van der Waals surface area contributed by atoms with Gasteiger partial charge in [-0.2, -0.15) is 0 Å². The van der Waals surface area contributed by atoms with E-state index in [9.17, 15) is 14.9 Å². The van der Waals surface area contributed by atoms with E-state index in [-0.39, 0.29) is 23.3 Å². The second-order valence-corrected chi connectivity index (χ2v) is 7.68. The van der Waals surface area contributed by atoms with Gasteiger partial charge in [-0.3, -0.25) is 14.9 Å². The van der Waals surface area contributed by atoms with E-state index in [1.165, 1.54) is 6.07 Å². The van der Waals surface area contributed by atoms with Crippen molar-refractivity contribution in [2.24, 2.45) is 0 Å². The third-order valence-corrected chi connectivity index (χ3v) is 5.23. The molecular weight excluding hydrogens is 386 g/mol. The highest BCUT2D eigenvalue weighted by Crippen LogP contribution is 2.31. The Labute approximate surface area is 174 Å². The average molecular weight is 411 g/mol. The maximum absolute atomic E-state index is 12.5. The molecule has 2 aromatic rings. The number of carbonyl (C=O) groups is 1. The number of rotatable bonds is 9. The van der Waals surface area contributed by atoms with Crippen molar-refractivity contribution < 1.29 is 19.2 Å². The Morgan fingerprint density at radius 3 is 2.63 bits per heavy atom. The highest BCUT2D eigenvalue weighted by molar-refractivity contribution is 5.95. The van der Waals surface area contributed by atoms with Gasteiger partial charge in [0.1, 0.15) is 18.0 Å². The summed E-state index contributed by atoms with van der Waals surface area (Å²) in [5.41, 5.74) is 1.55. The van der Waals surface area contributed by atoms with Gasteiger partial charge < -0.3 is 20.1 Å². The van der Waals surface area contributed by atoms with Gasteiger partial charge in [-0.1, -0.05) is 12.1 Å². The molecule has 1 aliphatic carbocycles. The molecular formula is C22H25N3O5. The van der Waals surface area contributed by atoms with Crippen LogP contribution >= 0.6 is 0 Å². The van der Waals surface area contributed by atoms with E-state index < -0.39 is 4.92 Å². The largest absolute Gasteiger partial charge is 0.491 e. The van der Waals surface area contributed by atoms with Crippen LogP contribution in [0.1, 0.15) is 41.6 Å². The van der Waals surface area contributed by atoms with Crippen molar-refractivity contribution in [3.05, 3.63) is 63.7 Å². The summed E-state index contributed by atoms with van der Waals surface area (Å²) >= 11 is 0. The molecule has 30 heavy (non-hydrogen) atoms. The SMILES string of the molecule is O=C(NCc1ccc(OCC2CCCO2)cc1)c1ccc(NC2CC2)c([N+](=O)[O-])c1. The first-order valence-corrected chi connectivity index (χ1v) is 10.2. The number of hydrogen-bond acceptors (Lipinski definition) is 6. The second kappa shape index (κ2) is 9.13. The number of ether oxygens (including phenoxy) is 2. The summed E-state index contributed by atoms with van der Waals surface area (Å²) < 4.78 is 11.3. The fraction of sp³-hybridized carbons (Fsp3) is 0.409. The van der Waals surface area contributed by atoms with Crippen LogP contribution in [0.25, 0.3) is 0 Å². The summed E-state index contributed by atoms with van der Waals surface area (Å²) in [6.07, 6.45) is 4.30. The monoisotopic (exact) mass is 411 g/mol. The minimum atomic E-state index is -0.461. The third-order valence-electron chi connectivity index (χ3n) is 5.23. The molecule has 1 atom stereocenters. The molecule has 0 aromatic heterocycles. The van der Waals surface area contributed by atoms with Crippen LogP contribution in [-0.2, 0) is 11.3 Å². The molecule has 8 heteroatoms. The zero-order valence-electron chi connectivity index (χ0n) is 16.6. The lowest BCUT2D eigenvalue weighted by molar-refractivity contribution is -0.384. The predicted octanol–water partition coefficient (Wildman–Crippen LogP) is 3.66. The Hall–Kier alpha value is -3.13. The first kappa shape index (κ1) is 20.2. The molecule has 1 aliphatic heterocycles. The first-order valence-electron chi connectivity index (χ1n) is 10.2. The Balaban J connectivity index is 1.31. The van der Waals surface area contributed by atoms with Gasteiger partial charge in [-0.15, -0.1) is 0 Å². The Morgan fingerprint density at radius 2 is 1.97 bits per heavy atom. The predicted molar refractivity (Wildman–Crippen MR) is 112 cm³/mol. The number of nitro benzene ring substituents is 1. The lowest BCUT2D eigenvalue weighted by atomic mass is 10.1. The third kappa shape index (κ3) is 5.27. The molecule has 2 N–H and O–H groups in total. The lowest BCUT2D eigenvalue weighted by Gasteiger charge is -2.12. The molecule has 1 unspecified atom stereocenters. The van der Waals surface area contributed by atoms with Gasteiger partial charge in [-0.25, -0.2) is 0 Å². The molecule has 0 radical (unpaired) electrons. The molecule has 0 bridgehead atoms. The van der Waals surface area contributed by atoms with Crippen molar-refractivity contribution in [2.75, 3.05) is 18.5 Å². The van der Waals surface area contributed by atoms with Gasteiger partial charge in [0.15, 0.2) is 0 Å². The average Bonchev–Trinajstić information content (AvgIpc) is 3.42. The second-order valence-electron chi connectivity index (χ2n) is 7.68. The summed E-state index contributed by atoms with van der Waals surface area (Å²) in [4.78, 5) is 23.4. The van der Waals surface area contributed by atoms with Crippen LogP contribution in [0.2, 0.25) is 0 Å². The number of carbonyl (C=O) groups excluding carboxylic acids is 1. The van der Waals surface area contributed by atoms with E-state index >= 15 is 0 Å². The minimum Gasteiger partial charge on any atom is -0.491 e. The minimum absolute atomic E-state index is 0.0812. The van der Waals surface area contributed by atoms with Crippen LogP contribution in [0.15, 0.2) is 42.5 Å². The molecule has 2 aromatic carbocycles. The number of amides is 1. The van der Waals surface area contributed by atoms with Gasteiger partial charge in [0, 0.05) is 30.8 Å². The summed E-state index contributed by atoms with van der Waals surface area (Å²) in [6.45, 7) is 1.66. The quantitative estimate of drug-likeness (QED) is 0.482. The van der Waals surface area contributed by atoms with Crippen molar-refractivity contribution >= 4 is 17.3 Å². The first-order chi connectivity index (χ1) is 14.6. The van der Waals surface area contributed by atoms with Crippen LogP contribution in [-0.4, -0.2) is 36.2 Å². The van der Waals surface area contributed by atoms with Crippen LogP contribution in [0, 0.1) is 10.1 Å². The topological polar surface area (TPSA) is 103 Å². The van der Waals surface area contributed by atoms with Crippen LogP contribution in [0.5, 0.6) is 5.75 Å². The Kier molecular flexibility index (Phi) is 6.13. The summed E-state index contributed by atoms with van der Waals surface area (Å²) in [7, 11) is 0. The van der Waals surface area contributed by atoms with E-state index in [0.29, 0.717) is 24.9 Å². The van der Waals surface area contributed by atoms with Crippen molar-refractivity contribution in [1.82, 2.24) is 5.32 Å². The molecule has 158 valence electrons. The maximum Gasteiger partial charge on any atom is 0.293 e. The van der Waals surface area contributed by atoms with Gasteiger partial charge in [-0.05, 0) is 55.5 Å². The molecule has 1 amide bonds. The molecule has 1 saturated heterocycles. The molecule has 8 nitrogen and oxygen atoms in total. The van der Waals surface area contributed by atoms with E-state index in [2.05, 4.69) is 10.6 Å².